The average molecular weight is 301 g/mol. The van der Waals surface area contributed by atoms with E-state index in [-0.39, 0.29) is 23.4 Å². The maximum absolute atomic E-state index is 12.9. The Morgan fingerprint density at radius 1 is 1.40 bits per heavy atom. The number of sulfone groups is 1. The van der Waals surface area contributed by atoms with Crippen molar-refractivity contribution in [2.45, 2.75) is 12.5 Å². The van der Waals surface area contributed by atoms with Crippen LogP contribution in [0.5, 0.6) is 0 Å². The van der Waals surface area contributed by atoms with Gasteiger partial charge in [-0.2, -0.15) is 0 Å². The molecule has 1 aromatic rings. The molecular formula is C13H20FN3O2S. The first-order valence-electron chi connectivity index (χ1n) is 6.72. The van der Waals surface area contributed by atoms with Gasteiger partial charge in [0.25, 0.3) is 0 Å². The van der Waals surface area contributed by atoms with Crippen molar-refractivity contribution < 1.29 is 12.8 Å². The summed E-state index contributed by atoms with van der Waals surface area (Å²) in [5.74, 6) is 0.141. The molecule has 5 nitrogen and oxygen atoms in total. The Bertz CT molecular complexity index is 519. The maximum Gasteiger partial charge on any atom is 0.152 e. The van der Waals surface area contributed by atoms with Crippen molar-refractivity contribution in [1.29, 1.82) is 0 Å². The molecule has 1 aliphatic rings. The van der Waals surface area contributed by atoms with Gasteiger partial charge in [-0.05, 0) is 25.6 Å². The zero-order valence-corrected chi connectivity index (χ0v) is 12.4. The molecule has 0 aromatic carbocycles. The summed E-state index contributed by atoms with van der Waals surface area (Å²) in [5.41, 5.74) is 0.804. The van der Waals surface area contributed by atoms with E-state index in [4.69, 9.17) is 0 Å². The Hall–Kier alpha value is -1.05. The van der Waals surface area contributed by atoms with Gasteiger partial charge in [0.2, 0.25) is 0 Å². The van der Waals surface area contributed by atoms with Crippen LogP contribution in [0.4, 0.5) is 4.39 Å². The minimum atomic E-state index is -2.83. The lowest BCUT2D eigenvalue weighted by Gasteiger charge is -2.28. The molecule has 0 spiro atoms. The maximum atomic E-state index is 12.9. The van der Waals surface area contributed by atoms with Crippen molar-refractivity contribution in [1.82, 2.24) is 15.2 Å². The van der Waals surface area contributed by atoms with E-state index in [0.717, 1.165) is 18.7 Å². The van der Waals surface area contributed by atoms with Crippen LogP contribution < -0.4 is 5.32 Å². The second-order valence-corrected chi connectivity index (χ2v) is 7.33. The van der Waals surface area contributed by atoms with E-state index in [1.807, 2.05) is 7.05 Å². The van der Waals surface area contributed by atoms with Gasteiger partial charge in [0.05, 0.1) is 29.4 Å². The van der Waals surface area contributed by atoms with Crippen molar-refractivity contribution in [3.63, 3.8) is 0 Å². The van der Waals surface area contributed by atoms with Crippen molar-refractivity contribution in [2.24, 2.45) is 0 Å². The second kappa shape index (κ2) is 6.60. The number of rotatable bonds is 5. The third-order valence-electron chi connectivity index (χ3n) is 3.63. The summed E-state index contributed by atoms with van der Waals surface area (Å²) in [6.45, 7) is 1.99. The topological polar surface area (TPSA) is 62.3 Å². The van der Waals surface area contributed by atoms with Crippen LogP contribution in [-0.2, 0) is 9.84 Å². The number of pyridine rings is 1. The highest BCUT2D eigenvalue weighted by molar-refractivity contribution is 7.91. The molecule has 1 unspecified atom stereocenters. The summed E-state index contributed by atoms with van der Waals surface area (Å²) < 4.78 is 35.6. The molecule has 2 heterocycles. The highest BCUT2D eigenvalue weighted by Crippen LogP contribution is 2.15. The fourth-order valence-electron chi connectivity index (χ4n) is 2.32. The Balaban J connectivity index is 1.87. The zero-order chi connectivity index (χ0) is 14.6. The highest BCUT2D eigenvalue weighted by Gasteiger charge is 2.22. The van der Waals surface area contributed by atoms with Crippen LogP contribution in [0.15, 0.2) is 18.3 Å². The van der Waals surface area contributed by atoms with Crippen molar-refractivity contribution in [3.05, 3.63) is 29.8 Å². The molecule has 0 saturated carbocycles. The molecule has 0 radical (unpaired) electrons. The number of hydrogen-bond donors (Lipinski definition) is 1. The average Bonchev–Trinajstić information content (AvgIpc) is 2.43. The van der Waals surface area contributed by atoms with E-state index in [9.17, 15) is 12.8 Å². The third-order valence-corrected chi connectivity index (χ3v) is 5.24. The first-order valence-corrected chi connectivity index (χ1v) is 8.54. The van der Waals surface area contributed by atoms with Gasteiger partial charge >= 0.3 is 0 Å². The van der Waals surface area contributed by atoms with E-state index in [2.05, 4.69) is 15.2 Å². The molecule has 112 valence electrons. The van der Waals surface area contributed by atoms with Gasteiger partial charge in [-0.15, -0.1) is 0 Å². The second-order valence-electron chi connectivity index (χ2n) is 5.02. The summed E-state index contributed by atoms with van der Waals surface area (Å²) in [5, 5.41) is 3.16. The van der Waals surface area contributed by atoms with Crippen molar-refractivity contribution >= 4 is 9.84 Å². The smallest absolute Gasteiger partial charge is 0.152 e. The highest BCUT2D eigenvalue weighted by atomic mass is 32.2. The molecule has 1 aliphatic heterocycles. The number of nitrogens with one attached hydrogen (secondary N) is 1. The molecule has 0 bridgehead atoms. The van der Waals surface area contributed by atoms with Crippen LogP contribution >= 0.6 is 0 Å². The van der Waals surface area contributed by atoms with Crippen LogP contribution in [0.2, 0.25) is 0 Å². The van der Waals surface area contributed by atoms with Crippen LogP contribution in [0.1, 0.15) is 18.2 Å². The first kappa shape index (κ1) is 15.3. The number of nitrogens with zero attached hydrogens (tertiary/aromatic N) is 2. The molecule has 0 aliphatic carbocycles. The summed E-state index contributed by atoms with van der Waals surface area (Å²) in [7, 11) is -0.984. The zero-order valence-electron chi connectivity index (χ0n) is 11.5. The van der Waals surface area contributed by atoms with Crippen LogP contribution in [0, 0.1) is 5.82 Å². The standard InChI is InChI=1S/C13H20FN3O2S/c1-15-12(13-3-2-11(14)10-16-13)4-5-17-6-8-20(18,19)9-7-17/h2-3,10,12,15H,4-9H2,1H3. The predicted octanol–water partition coefficient (Wildman–Crippen LogP) is 0.602. The molecule has 1 saturated heterocycles. The van der Waals surface area contributed by atoms with E-state index < -0.39 is 9.84 Å². The minimum absolute atomic E-state index is 0.0501. The number of halogens is 1. The van der Waals surface area contributed by atoms with E-state index in [1.54, 1.807) is 6.07 Å². The van der Waals surface area contributed by atoms with Gasteiger partial charge in [0.1, 0.15) is 5.82 Å². The summed E-state index contributed by atoms with van der Waals surface area (Å²) >= 11 is 0. The lowest BCUT2D eigenvalue weighted by atomic mass is 10.1. The number of aromatic nitrogens is 1. The molecule has 7 heteroatoms. The monoisotopic (exact) mass is 301 g/mol. The van der Waals surface area contributed by atoms with Gasteiger partial charge in [0.15, 0.2) is 9.84 Å². The van der Waals surface area contributed by atoms with E-state index in [0.29, 0.717) is 13.1 Å². The van der Waals surface area contributed by atoms with Gasteiger partial charge in [0, 0.05) is 19.6 Å². The predicted molar refractivity (Wildman–Crippen MR) is 75.7 cm³/mol. The Labute approximate surface area is 119 Å². The third kappa shape index (κ3) is 4.22. The molecular weight excluding hydrogens is 281 g/mol. The lowest BCUT2D eigenvalue weighted by Crippen LogP contribution is -2.41. The van der Waals surface area contributed by atoms with Gasteiger partial charge in [-0.25, -0.2) is 12.8 Å². The first-order chi connectivity index (χ1) is 9.50. The molecule has 2 rings (SSSR count). The molecule has 1 atom stereocenters. The van der Waals surface area contributed by atoms with Crippen molar-refractivity contribution in [3.8, 4) is 0 Å². The van der Waals surface area contributed by atoms with Gasteiger partial charge < -0.3 is 10.2 Å². The lowest BCUT2D eigenvalue weighted by molar-refractivity contribution is 0.277. The van der Waals surface area contributed by atoms with Crippen LogP contribution in [0.25, 0.3) is 0 Å². The molecule has 0 amide bonds. The summed E-state index contributed by atoms with van der Waals surface area (Å²) in [4.78, 5) is 6.23. The minimum Gasteiger partial charge on any atom is -0.312 e. The summed E-state index contributed by atoms with van der Waals surface area (Å²) in [6.07, 6.45) is 2.03. The fraction of sp³-hybridized carbons (Fsp3) is 0.615. The van der Waals surface area contributed by atoms with E-state index >= 15 is 0 Å². The SMILES string of the molecule is CNC(CCN1CCS(=O)(=O)CC1)c1ccc(F)cn1. The quantitative estimate of drug-likeness (QED) is 0.863. The summed E-state index contributed by atoms with van der Waals surface area (Å²) in [6, 6.07) is 3.13. The van der Waals surface area contributed by atoms with Crippen molar-refractivity contribution in [2.75, 3.05) is 38.2 Å². The Kier molecular flexibility index (Phi) is 5.06. The molecule has 1 fully saturated rings. The van der Waals surface area contributed by atoms with Gasteiger partial charge in [-0.3, -0.25) is 4.98 Å². The number of hydrogen-bond acceptors (Lipinski definition) is 5. The molecule has 20 heavy (non-hydrogen) atoms. The van der Waals surface area contributed by atoms with Gasteiger partial charge in [-0.1, -0.05) is 0 Å². The normalized spacial score (nSPS) is 20.7. The Morgan fingerprint density at radius 2 is 2.10 bits per heavy atom. The Morgan fingerprint density at radius 3 is 2.65 bits per heavy atom. The fourth-order valence-corrected chi connectivity index (χ4v) is 3.60. The van der Waals surface area contributed by atoms with E-state index in [1.165, 1.54) is 12.3 Å². The largest absolute Gasteiger partial charge is 0.312 e. The van der Waals surface area contributed by atoms with Crippen LogP contribution in [-0.4, -0.2) is 56.5 Å². The molecule has 1 N–H and O–H groups in total. The van der Waals surface area contributed by atoms with Crippen LogP contribution in [0.3, 0.4) is 0 Å². The molecule has 1 aromatic heterocycles.